The van der Waals surface area contributed by atoms with E-state index in [2.05, 4.69) is 4.99 Å². The third kappa shape index (κ3) is 3.59. The maximum Gasteiger partial charge on any atom is 0.460 e. The smallest absolute Gasteiger partial charge is 0.304 e. The molecule has 0 spiro atoms. The predicted molar refractivity (Wildman–Crippen MR) is 74.4 cm³/mol. The van der Waals surface area contributed by atoms with Gasteiger partial charge in [-0.3, -0.25) is 4.99 Å². The summed E-state index contributed by atoms with van der Waals surface area (Å²) in [5.74, 6) is -31.2. The first-order valence-electron chi connectivity index (χ1n) is 7.49. The van der Waals surface area contributed by atoms with Gasteiger partial charge in [-0.15, -0.1) is 0 Å². The van der Waals surface area contributed by atoms with Crippen LogP contribution in [0.25, 0.3) is 0 Å². The predicted octanol–water partition coefficient (Wildman–Crippen LogP) is 5.48. The molecular weight excluding hydrogens is 503 g/mol. The lowest BCUT2D eigenvalue weighted by Crippen LogP contribution is -2.67. The molecule has 31 heavy (non-hydrogen) atoms. The third-order valence-corrected chi connectivity index (χ3v) is 5.07. The van der Waals surface area contributed by atoms with Gasteiger partial charge in [-0.25, -0.2) is 4.99 Å². The van der Waals surface area contributed by atoms with Crippen molar-refractivity contribution in [3.05, 3.63) is 0 Å². The minimum atomic E-state index is -7.30. The van der Waals surface area contributed by atoms with Crippen molar-refractivity contribution >= 4 is 22.8 Å². The fourth-order valence-electron chi connectivity index (χ4n) is 2.27. The molecule has 0 aromatic heterocycles. The molecule has 0 aromatic rings. The summed E-state index contributed by atoms with van der Waals surface area (Å²) < 4.78 is 198. The van der Waals surface area contributed by atoms with Crippen molar-refractivity contribution in [3.63, 3.8) is 0 Å². The molecule has 0 saturated carbocycles. The van der Waals surface area contributed by atoms with Crippen molar-refractivity contribution in [2.45, 2.75) is 47.6 Å². The number of rotatable bonds is 4. The number of hydrogen-bond acceptors (Lipinski definition) is 4. The summed E-state index contributed by atoms with van der Waals surface area (Å²) >= 11 is -1.36. The minimum Gasteiger partial charge on any atom is -0.304 e. The maximum atomic E-state index is 14.7. The number of halogens is 15. The average Bonchev–Trinajstić information content (AvgIpc) is 2.58. The highest BCUT2D eigenvalue weighted by Gasteiger charge is 2.84. The standard InChI is InChI=1S/C12H6F15N3S/c13-6(14,7(15,16)10(21,22)23)4-29-12(27,31-5-28-2-1-3-30(4)5)9(19,20)8(17,18)11(24,25)26/h1-3H2. The van der Waals surface area contributed by atoms with E-state index in [0.29, 0.717) is 0 Å². The maximum absolute atomic E-state index is 14.7. The molecule has 1 atom stereocenters. The largest absolute Gasteiger partial charge is 0.460 e. The van der Waals surface area contributed by atoms with E-state index in [1.165, 1.54) is 0 Å². The highest BCUT2D eigenvalue weighted by atomic mass is 32.2. The van der Waals surface area contributed by atoms with Crippen molar-refractivity contribution in [1.82, 2.24) is 4.90 Å². The molecular formula is C12H6F15N3S. The van der Waals surface area contributed by atoms with Crippen LogP contribution in [0.1, 0.15) is 6.42 Å². The van der Waals surface area contributed by atoms with Gasteiger partial charge in [0.05, 0.1) is 0 Å². The van der Waals surface area contributed by atoms with Crippen LogP contribution in [0.5, 0.6) is 0 Å². The van der Waals surface area contributed by atoms with Crippen LogP contribution in [-0.4, -0.2) is 70.2 Å². The van der Waals surface area contributed by atoms with E-state index in [4.69, 9.17) is 0 Å². The topological polar surface area (TPSA) is 28.0 Å². The Kier molecular flexibility index (Phi) is 5.78. The summed E-state index contributed by atoms with van der Waals surface area (Å²) in [5.41, 5.74) is 0. The molecule has 2 aliphatic rings. The van der Waals surface area contributed by atoms with E-state index in [-0.39, 0.29) is 4.90 Å². The molecule has 2 rings (SSSR count). The highest BCUT2D eigenvalue weighted by Crippen LogP contribution is 2.59. The van der Waals surface area contributed by atoms with Crippen LogP contribution in [0.2, 0.25) is 0 Å². The number of amidine groups is 2. The van der Waals surface area contributed by atoms with Crippen LogP contribution < -0.4 is 0 Å². The van der Waals surface area contributed by atoms with E-state index in [9.17, 15) is 65.9 Å². The van der Waals surface area contributed by atoms with E-state index in [1.807, 2.05) is 0 Å². The summed E-state index contributed by atoms with van der Waals surface area (Å²) in [6.07, 6.45) is -14.7. The summed E-state index contributed by atoms with van der Waals surface area (Å²) in [5, 5.41) is -7.34. The lowest BCUT2D eigenvalue weighted by molar-refractivity contribution is -0.369. The van der Waals surface area contributed by atoms with E-state index in [1.54, 1.807) is 4.99 Å². The van der Waals surface area contributed by atoms with Crippen LogP contribution in [-0.2, 0) is 0 Å². The van der Waals surface area contributed by atoms with Gasteiger partial charge in [-0.2, -0.15) is 65.9 Å². The number of nitrogens with zero attached hydrogens (tertiary/aromatic N) is 3. The Bertz CT molecular complexity index is 783. The zero-order valence-corrected chi connectivity index (χ0v) is 14.9. The molecule has 1 unspecified atom stereocenters. The van der Waals surface area contributed by atoms with Crippen LogP contribution >= 0.6 is 11.8 Å². The molecule has 0 aliphatic carbocycles. The summed E-state index contributed by atoms with van der Waals surface area (Å²) in [4.78, 5) is 4.30. The molecule has 0 N–H and O–H groups in total. The minimum absolute atomic E-state index is 0.381. The van der Waals surface area contributed by atoms with Gasteiger partial charge in [-0.05, 0) is 18.2 Å². The van der Waals surface area contributed by atoms with Gasteiger partial charge in [0, 0.05) is 13.1 Å². The molecule has 0 radical (unpaired) electrons. The molecule has 19 heteroatoms. The van der Waals surface area contributed by atoms with E-state index in [0.717, 1.165) is 0 Å². The molecule has 2 aliphatic heterocycles. The monoisotopic (exact) mass is 509 g/mol. The molecule has 180 valence electrons. The SMILES string of the molecule is FC(F)(F)C(F)(F)C(F)(F)C1=NC(F)(C(F)(F)C(F)(F)C(F)(F)F)SC2=NCCCN21. The third-order valence-electron chi connectivity index (χ3n) is 3.92. The summed E-state index contributed by atoms with van der Waals surface area (Å²) in [6, 6.07) is 0. The van der Waals surface area contributed by atoms with Gasteiger partial charge >= 0.3 is 41.2 Å². The van der Waals surface area contributed by atoms with Gasteiger partial charge in [0.25, 0.3) is 0 Å². The van der Waals surface area contributed by atoms with Gasteiger partial charge < -0.3 is 4.90 Å². The number of fused-ring (bicyclic) bond motifs is 1. The van der Waals surface area contributed by atoms with Crippen LogP contribution in [0.4, 0.5) is 65.9 Å². The fraction of sp³-hybridized carbons (Fsp3) is 0.833. The summed E-state index contributed by atoms with van der Waals surface area (Å²) in [6.45, 7) is -1.53. The lowest BCUT2D eigenvalue weighted by Gasteiger charge is -2.44. The fourth-order valence-corrected chi connectivity index (χ4v) is 3.35. The summed E-state index contributed by atoms with van der Waals surface area (Å²) in [7, 11) is 0. The Morgan fingerprint density at radius 1 is 0.774 bits per heavy atom. The first-order valence-corrected chi connectivity index (χ1v) is 8.31. The molecule has 0 fully saturated rings. The van der Waals surface area contributed by atoms with E-state index >= 15 is 0 Å². The van der Waals surface area contributed by atoms with Crippen molar-refractivity contribution in [3.8, 4) is 0 Å². The second-order valence-electron chi connectivity index (χ2n) is 6.06. The van der Waals surface area contributed by atoms with Crippen LogP contribution in [0.3, 0.4) is 0 Å². The zero-order valence-electron chi connectivity index (χ0n) is 14.0. The molecule has 3 nitrogen and oxygen atoms in total. The first-order chi connectivity index (χ1) is 13.5. The Morgan fingerprint density at radius 3 is 1.71 bits per heavy atom. The molecule has 0 saturated heterocycles. The van der Waals surface area contributed by atoms with Crippen molar-refractivity contribution in [2.75, 3.05) is 13.1 Å². The molecule has 0 bridgehead atoms. The second kappa shape index (κ2) is 6.97. The van der Waals surface area contributed by atoms with Crippen LogP contribution in [0, 0.1) is 0 Å². The Hall–Kier alpha value is -1.56. The number of hydrogen-bond donors (Lipinski definition) is 0. The second-order valence-corrected chi connectivity index (χ2v) is 7.17. The quantitative estimate of drug-likeness (QED) is 0.371. The number of alkyl halides is 15. The molecule has 2 heterocycles. The van der Waals surface area contributed by atoms with Crippen molar-refractivity contribution in [1.29, 1.82) is 0 Å². The highest BCUT2D eigenvalue weighted by molar-refractivity contribution is 8.15. The van der Waals surface area contributed by atoms with Gasteiger partial charge in [0.2, 0.25) is 0 Å². The zero-order chi connectivity index (χ0) is 24.5. The van der Waals surface area contributed by atoms with Gasteiger partial charge in [0.15, 0.2) is 11.0 Å². The number of thioether (sulfide) groups is 1. The first kappa shape index (κ1) is 25.7. The number of aliphatic imine (C=N–C) groups is 2. The van der Waals surface area contributed by atoms with Gasteiger partial charge in [0.1, 0.15) is 0 Å². The molecule has 0 aromatic carbocycles. The van der Waals surface area contributed by atoms with E-state index < -0.39 is 83.4 Å². The van der Waals surface area contributed by atoms with Gasteiger partial charge in [-0.1, -0.05) is 0 Å². The van der Waals surface area contributed by atoms with Crippen LogP contribution in [0.15, 0.2) is 9.98 Å². The normalized spacial score (nSPS) is 24.5. The Morgan fingerprint density at radius 2 is 1.26 bits per heavy atom. The Balaban J connectivity index is 2.78. The average molecular weight is 509 g/mol. The van der Waals surface area contributed by atoms with Crippen molar-refractivity contribution in [2.24, 2.45) is 9.98 Å². The van der Waals surface area contributed by atoms with Crippen molar-refractivity contribution < 1.29 is 65.9 Å². The molecule has 0 amide bonds. The lowest BCUT2D eigenvalue weighted by atomic mass is 10.1. The Labute approximate surface area is 165 Å².